The molecule has 2 aromatic carbocycles. The van der Waals surface area contributed by atoms with Gasteiger partial charge in [-0.1, -0.05) is 12.1 Å². The Hall–Kier alpha value is -2.79. The number of fused-ring (bicyclic) bond motifs is 2. The molecule has 0 atom stereocenters. The molecule has 0 amide bonds. The Morgan fingerprint density at radius 3 is 2.24 bits per heavy atom. The molecule has 0 radical (unpaired) electrons. The first-order valence-corrected chi connectivity index (χ1v) is 7.93. The van der Waals surface area contributed by atoms with Gasteiger partial charge in [-0.25, -0.2) is 0 Å². The molecule has 3 aromatic rings. The lowest BCUT2D eigenvalue weighted by atomic mass is 9.95. The summed E-state index contributed by atoms with van der Waals surface area (Å²) in [4.78, 5) is 37.9. The number of ether oxygens (including phenoxy) is 1. The SMILES string of the molecule is COC(C)(C)C(=O)c1ccc2c(c1)c(=O)c(=O)c1ccccc1n2C. The van der Waals surface area contributed by atoms with E-state index < -0.39 is 16.5 Å². The van der Waals surface area contributed by atoms with E-state index in [-0.39, 0.29) is 11.2 Å². The molecule has 5 heteroatoms. The van der Waals surface area contributed by atoms with Crippen molar-refractivity contribution >= 4 is 27.6 Å². The maximum Gasteiger partial charge on any atom is 0.235 e. The Bertz CT molecular complexity index is 1130. The first-order chi connectivity index (χ1) is 11.8. The summed E-state index contributed by atoms with van der Waals surface area (Å²) in [6.45, 7) is 3.33. The number of hydrogen-bond acceptors (Lipinski definition) is 4. The number of ketones is 1. The number of aromatic nitrogens is 1. The van der Waals surface area contributed by atoms with E-state index in [1.165, 1.54) is 13.2 Å². The van der Waals surface area contributed by atoms with E-state index >= 15 is 0 Å². The molecule has 3 rings (SSSR count). The quantitative estimate of drug-likeness (QED) is 0.544. The Balaban J connectivity index is 2.45. The Morgan fingerprint density at radius 2 is 1.56 bits per heavy atom. The smallest absolute Gasteiger partial charge is 0.235 e. The number of carbonyl (C=O) groups is 1. The first kappa shape index (κ1) is 17.0. The number of para-hydroxylation sites is 1. The van der Waals surface area contributed by atoms with E-state index in [1.807, 2.05) is 6.07 Å². The third-order valence-corrected chi connectivity index (χ3v) is 4.64. The van der Waals surface area contributed by atoms with E-state index in [0.717, 1.165) is 0 Å². The van der Waals surface area contributed by atoms with Gasteiger partial charge in [0.05, 0.1) is 16.4 Å². The number of aryl methyl sites for hydroxylation is 1. The fourth-order valence-electron chi connectivity index (χ4n) is 2.92. The lowest BCUT2D eigenvalue weighted by Gasteiger charge is -2.21. The van der Waals surface area contributed by atoms with Gasteiger partial charge < -0.3 is 9.30 Å². The molecular formula is C20H19NO4. The van der Waals surface area contributed by atoms with Crippen LogP contribution in [0, 0.1) is 0 Å². The summed E-state index contributed by atoms with van der Waals surface area (Å²) in [5.41, 5.74) is -0.605. The minimum absolute atomic E-state index is 0.224. The molecular weight excluding hydrogens is 318 g/mol. The van der Waals surface area contributed by atoms with E-state index in [9.17, 15) is 14.4 Å². The highest BCUT2D eigenvalue weighted by atomic mass is 16.5. The van der Waals surface area contributed by atoms with Gasteiger partial charge in [-0.3, -0.25) is 14.4 Å². The van der Waals surface area contributed by atoms with Crippen molar-refractivity contribution in [2.45, 2.75) is 19.4 Å². The van der Waals surface area contributed by atoms with Gasteiger partial charge >= 0.3 is 0 Å². The largest absolute Gasteiger partial charge is 0.371 e. The molecule has 0 spiro atoms. The molecule has 25 heavy (non-hydrogen) atoms. The van der Waals surface area contributed by atoms with Gasteiger partial charge in [-0.2, -0.15) is 0 Å². The van der Waals surface area contributed by atoms with Crippen molar-refractivity contribution in [3.63, 3.8) is 0 Å². The molecule has 0 saturated heterocycles. The molecule has 0 fully saturated rings. The first-order valence-electron chi connectivity index (χ1n) is 7.93. The number of carbonyl (C=O) groups excluding carboxylic acids is 1. The number of methoxy groups -OCH3 is 1. The van der Waals surface area contributed by atoms with Crippen molar-refractivity contribution in [3.8, 4) is 0 Å². The molecule has 5 nitrogen and oxygen atoms in total. The molecule has 0 aliphatic heterocycles. The number of nitrogens with zero attached hydrogens (tertiary/aromatic N) is 1. The fraction of sp³-hybridized carbons (Fsp3) is 0.250. The molecule has 0 saturated carbocycles. The van der Waals surface area contributed by atoms with Gasteiger partial charge in [0.2, 0.25) is 10.9 Å². The zero-order chi connectivity index (χ0) is 18.4. The zero-order valence-corrected chi connectivity index (χ0v) is 14.6. The van der Waals surface area contributed by atoms with E-state index in [0.29, 0.717) is 22.0 Å². The Labute approximate surface area is 144 Å². The van der Waals surface area contributed by atoms with Crippen LogP contribution >= 0.6 is 0 Å². The second kappa shape index (κ2) is 5.93. The summed E-state index contributed by atoms with van der Waals surface area (Å²) >= 11 is 0. The lowest BCUT2D eigenvalue weighted by molar-refractivity contribution is 0.0228. The molecule has 128 valence electrons. The minimum atomic E-state index is -1.01. The average molecular weight is 337 g/mol. The molecule has 0 N–H and O–H groups in total. The predicted octanol–water partition coefficient (Wildman–Crippen LogP) is 2.66. The van der Waals surface area contributed by atoms with Crippen molar-refractivity contribution in [3.05, 3.63) is 68.5 Å². The van der Waals surface area contributed by atoms with Gasteiger partial charge in [0, 0.05) is 25.1 Å². The van der Waals surface area contributed by atoms with Gasteiger partial charge in [0.15, 0.2) is 5.78 Å². The van der Waals surface area contributed by atoms with Crippen LogP contribution in [0.2, 0.25) is 0 Å². The monoisotopic (exact) mass is 337 g/mol. The van der Waals surface area contributed by atoms with Crippen LogP contribution in [0.4, 0.5) is 0 Å². The highest BCUT2D eigenvalue weighted by molar-refractivity contribution is 6.04. The molecule has 0 unspecified atom stereocenters. The summed E-state index contributed by atoms with van der Waals surface area (Å²) in [7, 11) is 3.25. The van der Waals surface area contributed by atoms with Gasteiger partial charge in [0.25, 0.3) is 0 Å². The van der Waals surface area contributed by atoms with E-state index in [2.05, 4.69) is 0 Å². The Kier molecular flexibility index (Phi) is 4.05. The van der Waals surface area contributed by atoms with Gasteiger partial charge in [-0.15, -0.1) is 0 Å². The zero-order valence-electron chi connectivity index (χ0n) is 14.6. The van der Waals surface area contributed by atoms with Crippen LogP contribution in [-0.2, 0) is 11.8 Å². The minimum Gasteiger partial charge on any atom is -0.371 e. The molecule has 1 aromatic heterocycles. The number of benzene rings is 2. The molecule has 0 aliphatic carbocycles. The maximum atomic E-state index is 12.7. The summed E-state index contributed by atoms with van der Waals surface area (Å²) in [5.74, 6) is -0.248. The Morgan fingerprint density at radius 1 is 0.960 bits per heavy atom. The van der Waals surface area contributed by atoms with E-state index in [1.54, 1.807) is 55.8 Å². The summed E-state index contributed by atoms with van der Waals surface area (Å²) in [6.07, 6.45) is 0. The summed E-state index contributed by atoms with van der Waals surface area (Å²) < 4.78 is 7.03. The second-order valence-electron chi connectivity index (χ2n) is 6.51. The molecule has 1 heterocycles. The van der Waals surface area contributed by atoms with Crippen molar-refractivity contribution in [1.82, 2.24) is 4.57 Å². The van der Waals surface area contributed by atoms with Gasteiger partial charge in [-0.05, 0) is 44.2 Å². The normalized spacial score (nSPS) is 11.8. The maximum absolute atomic E-state index is 12.7. The number of rotatable bonds is 3. The van der Waals surface area contributed by atoms with Crippen LogP contribution in [0.15, 0.2) is 52.1 Å². The van der Waals surface area contributed by atoms with Crippen LogP contribution in [0.25, 0.3) is 21.8 Å². The predicted molar refractivity (Wildman–Crippen MR) is 98.4 cm³/mol. The van der Waals surface area contributed by atoms with Crippen LogP contribution in [0.5, 0.6) is 0 Å². The average Bonchev–Trinajstić information content (AvgIpc) is 2.71. The molecule has 0 bridgehead atoms. The fourth-order valence-corrected chi connectivity index (χ4v) is 2.92. The lowest BCUT2D eigenvalue weighted by Crippen LogP contribution is -2.33. The van der Waals surface area contributed by atoms with Crippen LogP contribution in [-0.4, -0.2) is 23.1 Å². The van der Waals surface area contributed by atoms with Crippen LogP contribution in [0.1, 0.15) is 24.2 Å². The topological polar surface area (TPSA) is 65.4 Å². The van der Waals surface area contributed by atoms with Crippen molar-refractivity contribution in [2.24, 2.45) is 7.05 Å². The summed E-state index contributed by atoms with van der Waals surface area (Å²) in [5, 5.41) is 0.581. The number of Topliss-reactive ketones (excluding diaryl/α,β-unsaturated/α-hetero) is 1. The number of hydrogen-bond donors (Lipinski definition) is 0. The van der Waals surface area contributed by atoms with Crippen LogP contribution < -0.4 is 10.9 Å². The summed E-state index contributed by atoms with van der Waals surface area (Å²) in [6, 6.07) is 11.8. The van der Waals surface area contributed by atoms with Crippen LogP contribution in [0.3, 0.4) is 0 Å². The van der Waals surface area contributed by atoms with Crippen molar-refractivity contribution < 1.29 is 9.53 Å². The third kappa shape index (κ3) is 2.66. The third-order valence-electron chi connectivity index (χ3n) is 4.64. The van der Waals surface area contributed by atoms with Crippen molar-refractivity contribution in [1.29, 1.82) is 0 Å². The van der Waals surface area contributed by atoms with E-state index in [4.69, 9.17) is 4.74 Å². The second-order valence-corrected chi connectivity index (χ2v) is 6.51. The van der Waals surface area contributed by atoms with Crippen molar-refractivity contribution in [2.75, 3.05) is 7.11 Å². The molecule has 0 aliphatic rings. The standard InChI is InChI=1S/C20H19NO4/c1-20(2,25-4)19(24)12-9-10-16-14(11-12)18(23)17(22)13-7-5-6-8-15(13)21(16)3/h5-11H,1-4H3. The highest BCUT2D eigenvalue weighted by Gasteiger charge is 2.28. The van der Waals surface area contributed by atoms with Gasteiger partial charge in [0.1, 0.15) is 5.60 Å². The highest BCUT2D eigenvalue weighted by Crippen LogP contribution is 2.20.